The number of aliphatic hydroxyl groups is 1. The highest BCUT2D eigenvalue weighted by Crippen LogP contribution is 2.45. The van der Waals surface area contributed by atoms with Gasteiger partial charge in [0.15, 0.2) is 0 Å². The van der Waals surface area contributed by atoms with Crippen molar-refractivity contribution in [1.29, 1.82) is 0 Å². The van der Waals surface area contributed by atoms with Gasteiger partial charge in [-0.15, -0.1) is 0 Å². The van der Waals surface area contributed by atoms with Crippen molar-refractivity contribution in [2.24, 2.45) is 0 Å². The quantitative estimate of drug-likeness (QED) is 0.538. The highest BCUT2D eigenvalue weighted by Gasteiger charge is 2.42. The molecule has 0 unspecified atom stereocenters. The fourth-order valence-corrected chi connectivity index (χ4v) is 1.27. The Morgan fingerprint density at radius 3 is 2.33 bits per heavy atom. The second-order valence-corrected chi connectivity index (χ2v) is 3.38. The Balaban J connectivity index is 2.41. The van der Waals surface area contributed by atoms with Gasteiger partial charge in [0.05, 0.1) is 17.0 Å². The van der Waals surface area contributed by atoms with E-state index in [1.54, 1.807) is 12.1 Å². The lowest BCUT2D eigenvalue weighted by Gasteiger charge is -2.09. The molecule has 1 aliphatic rings. The van der Waals surface area contributed by atoms with E-state index in [2.05, 4.69) is 0 Å². The Morgan fingerprint density at radius 1 is 1.17 bits per heavy atom. The van der Waals surface area contributed by atoms with Crippen molar-refractivity contribution in [3.63, 3.8) is 0 Å². The average molecular weight is 164 g/mol. The molecule has 1 aromatic carbocycles. The van der Waals surface area contributed by atoms with Gasteiger partial charge in [-0.25, -0.2) is 0 Å². The van der Waals surface area contributed by atoms with Gasteiger partial charge in [0.1, 0.15) is 0 Å². The lowest BCUT2D eigenvalue weighted by Crippen LogP contribution is -2.05. The Kier molecular flexibility index (Phi) is 1.32. The normalized spacial score (nSPS) is 19.1. The van der Waals surface area contributed by atoms with Crippen molar-refractivity contribution >= 4 is 11.4 Å². The van der Waals surface area contributed by atoms with Crippen molar-refractivity contribution in [1.82, 2.24) is 0 Å². The molecule has 1 aliphatic carbocycles. The van der Waals surface area contributed by atoms with Crippen molar-refractivity contribution in [3.05, 3.63) is 23.8 Å². The van der Waals surface area contributed by atoms with Gasteiger partial charge in [0.2, 0.25) is 0 Å². The minimum absolute atomic E-state index is 0.549. The Bertz CT molecular complexity index is 318. The predicted octanol–water partition coefficient (Wildman–Crippen LogP) is 0.832. The monoisotopic (exact) mass is 164 g/mol. The third-order valence-corrected chi connectivity index (χ3v) is 2.35. The minimum Gasteiger partial charge on any atom is -0.397 e. The molecule has 2 rings (SSSR count). The zero-order valence-corrected chi connectivity index (χ0v) is 6.75. The van der Waals surface area contributed by atoms with Crippen LogP contribution in [-0.4, -0.2) is 5.11 Å². The van der Waals surface area contributed by atoms with Crippen LogP contribution in [-0.2, 0) is 5.60 Å². The Morgan fingerprint density at radius 2 is 1.83 bits per heavy atom. The van der Waals surface area contributed by atoms with Gasteiger partial charge in [-0.05, 0) is 30.5 Å². The minimum atomic E-state index is -0.609. The maximum atomic E-state index is 9.72. The molecule has 3 heteroatoms. The summed E-state index contributed by atoms with van der Waals surface area (Å²) in [6.45, 7) is 0. The summed E-state index contributed by atoms with van der Waals surface area (Å²) in [7, 11) is 0. The molecule has 0 aromatic heterocycles. The van der Waals surface area contributed by atoms with Gasteiger partial charge < -0.3 is 16.6 Å². The van der Waals surface area contributed by atoms with Crippen LogP contribution in [0.15, 0.2) is 18.2 Å². The molecule has 12 heavy (non-hydrogen) atoms. The standard InChI is InChI=1S/C9H12N2O/c10-7-2-1-6(5-8(7)11)9(12)3-4-9/h1-2,5,12H,3-4,10-11H2. The molecule has 0 amide bonds. The summed E-state index contributed by atoms with van der Waals surface area (Å²) in [4.78, 5) is 0. The molecule has 1 fully saturated rings. The molecule has 0 spiro atoms. The zero-order valence-electron chi connectivity index (χ0n) is 6.75. The van der Waals surface area contributed by atoms with Crippen molar-refractivity contribution in [3.8, 4) is 0 Å². The fraction of sp³-hybridized carbons (Fsp3) is 0.333. The molecular formula is C9H12N2O. The van der Waals surface area contributed by atoms with Crippen LogP contribution in [0, 0.1) is 0 Å². The van der Waals surface area contributed by atoms with Crippen molar-refractivity contribution in [2.45, 2.75) is 18.4 Å². The van der Waals surface area contributed by atoms with E-state index < -0.39 is 5.60 Å². The molecule has 0 atom stereocenters. The molecule has 3 nitrogen and oxygen atoms in total. The SMILES string of the molecule is Nc1ccc(C2(O)CC2)cc1N. The van der Waals surface area contributed by atoms with Gasteiger partial charge in [-0.1, -0.05) is 6.07 Å². The maximum Gasteiger partial charge on any atom is 0.0899 e. The van der Waals surface area contributed by atoms with E-state index in [4.69, 9.17) is 11.5 Å². The number of nitrogens with two attached hydrogens (primary N) is 2. The molecular weight excluding hydrogens is 152 g/mol. The van der Waals surface area contributed by atoms with E-state index in [0.717, 1.165) is 18.4 Å². The molecule has 64 valence electrons. The summed E-state index contributed by atoms with van der Waals surface area (Å²) in [5.41, 5.74) is 12.6. The van der Waals surface area contributed by atoms with E-state index >= 15 is 0 Å². The Hall–Kier alpha value is -1.22. The van der Waals surface area contributed by atoms with Crippen molar-refractivity contribution in [2.75, 3.05) is 11.5 Å². The fourth-order valence-electron chi connectivity index (χ4n) is 1.27. The number of nitrogen functional groups attached to an aromatic ring is 2. The van der Waals surface area contributed by atoms with E-state index in [1.807, 2.05) is 6.07 Å². The first-order valence-corrected chi connectivity index (χ1v) is 4.00. The number of benzene rings is 1. The maximum absolute atomic E-state index is 9.72. The van der Waals surface area contributed by atoms with Crippen LogP contribution in [0.4, 0.5) is 11.4 Å². The molecule has 0 bridgehead atoms. The van der Waals surface area contributed by atoms with Crippen LogP contribution in [0.25, 0.3) is 0 Å². The number of anilines is 2. The van der Waals surface area contributed by atoms with Crippen molar-refractivity contribution < 1.29 is 5.11 Å². The average Bonchev–Trinajstić information content (AvgIpc) is 2.75. The zero-order chi connectivity index (χ0) is 8.77. The summed E-state index contributed by atoms with van der Waals surface area (Å²) in [5, 5.41) is 9.72. The van der Waals surface area contributed by atoms with Crippen LogP contribution in [0.1, 0.15) is 18.4 Å². The summed E-state index contributed by atoms with van der Waals surface area (Å²) in [5.74, 6) is 0. The van der Waals surface area contributed by atoms with Crippen LogP contribution in [0.2, 0.25) is 0 Å². The second-order valence-electron chi connectivity index (χ2n) is 3.38. The van der Waals surface area contributed by atoms with Gasteiger partial charge in [0, 0.05) is 0 Å². The summed E-state index contributed by atoms with van der Waals surface area (Å²) in [6, 6.07) is 5.32. The number of rotatable bonds is 1. The lowest BCUT2D eigenvalue weighted by atomic mass is 10.1. The summed E-state index contributed by atoms with van der Waals surface area (Å²) >= 11 is 0. The van der Waals surface area contributed by atoms with E-state index in [-0.39, 0.29) is 0 Å². The molecule has 0 aliphatic heterocycles. The highest BCUT2D eigenvalue weighted by atomic mass is 16.3. The molecule has 0 radical (unpaired) electrons. The molecule has 5 N–H and O–H groups in total. The molecule has 0 saturated heterocycles. The summed E-state index contributed by atoms with van der Waals surface area (Å²) < 4.78 is 0. The van der Waals surface area contributed by atoms with Gasteiger partial charge in [-0.2, -0.15) is 0 Å². The van der Waals surface area contributed by atoms with Crippen LogP contribution >= 0.6 is 0 Å². The van der Waals surface area contributed by atoms with Gasteiger partial charge in [-0.3, -0.25) is 0 Å². The van der Waals surface area contributed by atoms with E-state index in [1.165, 1.54) is 0 Å². The molecule has 1 saturated carbocycles. The lowest BCUT2D eigenvalue weighted by molar-refractivity contribution is 0.151. The summed E-state index contributed by atoms with van der Waals surface area (Å²) in [6.07, 6.45) is 1.66. The molecule has 1 aromatic rings. The smallest absolute Gasteiger partial charge is 0.0899 e. The highest BCUT2D eigenvalue weighted by molar-refractivity contribution is 5.64. The first-order chi connectivity index (χ1) is 5.62. The van der Waals surface area contributed by atoms with Gasteiger partial charge in [0.25, 0.3) is 0 Å². The van der Waals surface area contributed by atoms with E-state index in [0.29, 0.717) is 11.4 Å². The van der Waals surface area contributed by atoms with Crippen LogP contribution < -0.4 is 11.5 Å². The topological polar surface area (TPSA) is 72.3 Å². The largest absolute Gasteiger partial charge is 0.397 e. The third kappa shape index (κ3) is 1.02. The predicted molar refractivity (Wildman–Crippen MR) is 48.4 cm³/mol. The second kappa shape index (κ2) is 2.14. The Labute approximate surface area is 71.0 Å². The number of hydrogen-bond acceptors (Lipinski definition) is 3. The number of hydrogen-bond donors (Lipinski definition) is 3. The molecule has 0 heterocycles. The first kappa shape index (κ1) is 7.43. The van der Waals surface area contributed by atoms with E-state index in [9.17, 15) is 5.11 Å². The third-order valence-electron chi connectivity index (χ3n) is 2.35. The van der Waals surface area contributed by atoms with Crippen LogP contribution in [0.5, 0.6) is 0 Å². The van der Waals surface area contributed by atoms with Crippen LogP contribution in [0.3, 0.4) is 0 Å². The first-order valence-electron chi connectivity index (χ1n) is 4.00. The van der Waals surface area contributed by atoms with Gasteiger partial charge >= 0.3 is 0 Å².